The molecule has 0 bridgehead atoms. The summed E-state index contributed by atoms with van der Waals surface area (Å²) in [6, 6.07) is 11.0. The maximum Gasteiger partial charge on any atom is 0.268 e. The number of anilines is 1. The van der Waals surface area contributed by atoms with Crippen LogP contribution in [-0.4, -0.2) is 24.3 Å². The molecule has 1 atom stereocenters. The number of Topliss-reactive ketones (excluding diaryl/α,β-unsaturated/α-hetero) is 1. The highest BCUT2D eigenvalue weighted by molar-refractivity contribution is 7.14. The van der Waals surface area contributed by atoms with Crippen LogP contribution in [0.4, 0.5) is 5.69 Å². The Bertz CT molecular complexity index is 707. The van der Waals surface area contributed by atoms with E-state index in [4.69, 9.17) is 4.74 Å². The number of amides is 1. The second kappa shape index (κ2) is 5.33. The normalized spacial score (nSPS) is 17.3. The highest BCUT2D eigenvalue weighted by atomic mass is 32.1. The van der Waals surface area contributed by atoms with Gasteiger partial charge >= 0.3 is 0 Å². The number of rotatable bonds is 3. The van der Waals surface area contributed by atoms with Gasteiger partial charge in [0.25, 0.3) is 5.91 Å². The monoisotopic (exact) mass is 301 g/mol. The van der Waals surface area contributed by atoms with Crippen LogP contribution < -0.4 is 9.64 Å². The molecule has 2 aromatic rings. The number of nitrogens with zero attached hydrogens (tertiary/aromatic N) is 1. The van der Waals surface area contributed by atoms with Crippen molar-refractivity contribution in [1.82, 2.24) is 0 Å². The van der Waals surface area contributed by atoms with Crippen molar-refractivity contribution < 1.29 is 14.3 Å². The first-order valence-corrected chi connectivity index (χ1v) is 7.54. The molecule has 1 aromatic carbocycles. The summed E-state index contributed by atoms with van der Waals surface area (Å²) in [7, 11) is 0. The van der Waals surface area contributed by atoms with E-state index in [9.17, 15) is 9.59 Å². The summed E-state index contributed by atoms with van der Waals surface area (Å²) in [5.41, 5.74) is 0.655. The Balaban J connectivity index is 1.90. The number of aryl methyl sites for hydroxylation is 1. The van der Waals surface area contributed by atoms with Crippen LogP contribution in [0.15, 0.2) is 36.4 Å². The number of ketones is 1. The van der Waals surface area contributed by atoms with Crippen LogP contribution in [0.2, 0.25) is 0 Å². The number of carbonyl (C=O) groups excluding carboxylic acids is 2. The molecule has 0 fully saturated rings. The molecule has 5 heteroatoms. The van der Waals surface area contributed by atoms with Crippen LogP contribution in [-0.2, 0) is 4.79 Å². The van der Waals surface area contributed by atoms with Crippen molar-refractivity contribution in [3.63, 3.8) is 0 Å². The summed E-state index contributed by atoms with van der Waals surface area (Å²) in [6.07, 6.45) is -0.572. The largest absolute Gasteiger partial charge is 0.479 e. The Morgan fingerprint density at radius 1 is 1.29 bits per heavy atom. The van der Waals surface area contributed by atoms with Gasteiger partial charge in [-0.05, 0) is 38.1 Å². The average molecular weight is 301 g/mol. The summed E-state index contributed by atoms with van der Waals surface area (Å²) in [5.74, 6) is 0.403. The van der Waals surface area contributed by atoms with Crippen LogP contribution in [0.1, 0.15) is 21.5 Å². The molecule has 1 aliphatic rings. The van der Waals surface area contributed by atoms with Crippen molar-refractivity contribution in [2.75, 3.05) is 11.4 Å². The van der Waals surface area contributed by atoms with E-state index >= 15 is 0 Å². The fourth-order valence-corrected chi connectivity index (χ4v) is 3.13. The lowest BCUT2D eigenvalue weighted by Crippen LogP contribution is -2.46. The number of benzene rings is 1. The van der Waals surface area contributed by atoms with Gasteiger partial charge in [-0.15, -0.1) is 11.3 Å². The molecule has 2 heterocycles. The Kier molecular flexibility index (Phi) is 3.51. The number of fused-ring (bicyclic) bond motifs is 1. The molecule has 0 spiro atoms. The lowest BCUT2D eigenvalue weighted by atomic mass is 10.1. The van der Waals surface area contributed by atoms with E-state index in [1.54, 1.807) is 13.0 Å². The zero-order valence-electron chi connectivity index (χ0n) is 11.8. The second-order valence-corrected chi connectivity index (χ2v) is 6.27. The van der Waals surface area contributed by atoms with Crippen LogP contribution in [0.5, 0.6) is 5.75 Å². The molecule has 1 unspecified atom stereocenters. The van der Waals surface area contributed by atoms with E-state index in [0.29, 0.717) is 16.3 Å². The van der Waals surface area contributed by atoms with Crippen molar-refractivity contribution in [1.29, 1.82) is 0 Å². The first-order valence-electron chi connectivity index (χ1n) is 6.73. The van der Waals surface area contributed by atoms with E-state index in [1.165, 1.54) is 16.2 Å². The lowest BCUT2D eigenvalue weighted by molar-refractivity contribution is -0.125. The molecule has 0 radical (unpaired) electrons. The van der Waals surface area contributed by atoms with Crippen LogP contribution in [0, 0.1) is 6.92 Å². The first kappa shape index (κ1) is 13.8. The fraction of sp³-hybridized carbons (Fsp3) is 0.250. The molecule has 0 saturated carbocycles. The first-order chi connectivity index (χ1) is 10.1. The predicted octanol–water partition coefficient (Wildman–Crippen LogP) is 3.05. The van der Waals surface area contributed by atoms with Gasteiger partial charge in [0.05, 0.1) is 17.1 Å². The molecule has 0 aliphatic carbocycles. The Morgan fingerprint density at radius 2 is 2.05 bits per heavy atom. The third-order valence-electron chi connectivity index (χ3n) is 3.39. The summed E-state index contributed by atoms with van der Waals surface area (Å²) < 4.78 is 5.57. The van der Waals surface area contributed by atoms with Crippen molar-refractivity contribution in [3.05, 3.63) is 46.2 Å². The maximum atomic E-state index is 12.4. The second-order valence-electron chi connectivity index (χ2n) is 4.99. The topological polar surface area (TPSA) is 46.6 Å². The molecule has 3 rings (SSSR count). The molecular weight excluding hydrogens is 286 g/mol. The summed E-state index contributed by atoms with van der Waals surface area (Å²) in [5, 5.41) is 0. The number of thiophene rings is 1. The molecule has 4 nitrogen and oxygen atoms in total. The van der Waals surface area contributed by atoms with E-state index < -0.39 is 6.10 Å². The van der Waals surface area contributed by atoms with Crippen molar-refractivity contribution in [3.8, 4) is 5.75 Å². The van der Waals surface area contributed by atoms with Gasteiger partial charge in [-0.25, -0.2) is 0 Å². The fourth-order valence-electron chi connectivity index (χ4n) is 2.33. The van der Waals surface area contributed by atoms with E-state index in [2.05, 4.69) is 0 Å². The van der Waals surface area contributed by atoms with Gasteiger partial charge in [-0.1, -0.05) is 12.1 Å². The van der Waals surface area contributed by atoms with Gasteiger partial charge in [-0.2, -0.15) is 0 Å². The third-order valence-corrected chi connectivity index (χ3v) is 4.43. The Hall–Kier alpha value is -2.14. The Labute approximate surface area is 127 Å². The van der Waals surface area contributed by atoms with Gasteiger partial charge in [-0.3, -0.25) is 14.5 Å². The zero-order valence-corrected chi connectivity index (χ0v) is 12.6. The molecule has 21 heavy (non-hydrogen) atoms. The van der Waals surface area contributed by atoms with E-state index in [-0.39, 0.29) is 18.2 Å². The molecule has 108 valence electrons. The molecule has 1 aliphatic heterocycles. The number of hydrogen-bond acceptors (Lipinski definition) is 4. The average Bonchev–Trinajstić information content (AvgIpc) is 2.90. The lowest BCUT2D eigenvalue weighted by Gasteiger charge is -2.32. The molecule has 0 saturated heterocycles. The Morgan fingerprint density at radius 3 is 2.76 bits per heavy atom. The smallest absolute Gasteiger partial charge is 0.268 e. The zero-order chi connectivity index (χ0) is 15.0. The van der Waals surface area contributed by atoms with Gasteiger partial charge in [0.15, 0.2) is 11.9 Å². The molecular formula is C16H15NO3S. The minimum atomic E-state index is -0.572. The quantitative estimate of drug-likeness (QED) is 0.819. The van der Waals surface area contributed by atoms with Gasteiger partial charge in [0.2, 0.25) is 0 Å². The maximum absolute atomic E-state index is 12.4. The predicted molar refractivity (Wildman–Crippen MR) is 82.3 cm³/mol. The standard InChI is InChI=1S/C16H15NO3S/c1-10-7-8-15(21-10)13(18)9-17-12-5-3-4-6-14(12)20-11(2)16(17)19/h3-8,11H,9H2,1-2H3. The number of ether oxygens (including phenoxy) is 1. The highest BCUT2D eigenvalue weighted by Gasteiger charge is 2.32. The minimum Gasteiger partial charge on any atom is -0.479 e. The van der Waals surface area contributed by atoms with Gasteiger partial charge in [0.1, 0.15) is 5.75 Å². The molecule has 1 aromatic heterocycles. The van der Waals surface area contributed by atoms with E-state index in [1.807, 2.05) is 37.3 Å². The summed E-state index contributed by atoms with van der Waals surface area (Å²) in [4.78, 5) is 28.0. The third kappa shape index (κ3) is 2.56. The SMILES string of the molecule is Cc1ccc(C(=O)CN2C(=O)C(C)Oc3ccccc32)s1. The number of hydrogen-bond donors (Lipinski definition) is 0. The number of carbonyl (C=O) groups is 2. The van der Waals surface area contributed by atoms with Crippen molar-refractivity contribution in [2.45, 2.75) is 20.0 Å². The van der Waals surface area contributed by atoms with Crippen molar-refractivity contribution in [2.24, 2.45) is 0 Å². The van der Waals surface area contributed by atoms with Gasteiger partial charge < -0.3 is 4.74 Å². The van der Waals surface area contributed by atoms with Crippen molar-refractivity contribution >= 4 is 28.7 Å². The number of para-hydroxylation sites is 2. The molecule has 1 amide bonds. The van der Waals surface area contributed by atoms with E-state index in [0.717, 1.165) is 4.88 Å². The van der Waals surface area contributed by atoms with Crippen LogP contribution >= 0.6 is 11.3 Å². The van der Waals surface area contributed by atoms with Crippen LogP contribution in [0.3, 0.4) is 0 Å². The summed E-state index contributed by atoms with van der Waals surface area (Å²) >= 11 is 1.45. The highest BCUT2D eigenvalue weighted by Crippen LogP contribution is 2.33. The minimum absolute atomic E-state index is 0.0451. The molecule has 0 N–H and O–H groups in total. The van der Waals surface area contributed by atoms with Gasteiger partial charge in [0, 0.05) is 4.88 Å². The summed E-state index contributed by atoms with van der Waals surface area (Å²) in [6.45, 7) is 3.70. The van der Waals surface area contributed by atoms with Crippen LogP contribution in [0.25, 0.3) is 0 Å².